The first-order valence-electron chi connectivity index (χ1n) is 7.14. The molecular weight excluding hydrogens is 294 g/mol. The summed E-state index contributed by atoms with van der Waals surface area (Å²) in [6.07, 6.45) is 1.50. The highest BCUT2D eigenvalue weighted by molar-refractivity contribution is 5.96. The number of rotatable bonds is 3. The first-order chi connectivity index (χ1) is 11.1. The first kappa shape index (κ1) is 14.8. The van der Waals surface area contributed by atoms with Crippen LogP contribution in [0, 0.1) is 0 Å². The Balaban J connectivity index is 1.97. The molecule has 6 nitrogen and oxygen atoms in total. The Morgan fingerprint density at radius 2 is 1.87 bits per heavy atom. The topological polar surface area (TPSA) is 83.7 Å². The van der Waals surface area contributed by atoms with Gasteiger partial charge in [0.05, 0.1) is 6.04 Å². The van der Waals surface area contributed by atoms with Gasteiger partial charge in [0.15, 0.2) is 5.56 Å². The standard InChI is InChI=1S/C17H15N3O3/c1-11(12-7-3-2-4-8-12)18-15(21)14-16(22)19-13-9-5-6-10-20(13)17(14)23/h2-11,22H,1H3,(H,18,21). The Hall–Kier alpha value is -3.15. The van der Waals surface area contributed by atoms with Crippen LogP contribution >= 0.6 is 0 Å². The molecule has 1 aromatic carbocycles. The molecule has 116 valence electrons. The van der Waals surface area contributed by atoms with Gasteiger partial charge in [-0.1, -0.05) is 36.4 Å². The van der Waals surface area contributed by atoms with Crippen LogP contribution in [-0.4, -0.2) is 20.4 Å². The van der Waals surface area contributed by atoms with Crippen LogP contribution in [0.15, 0.2) is 59.5 Å². The summed E-state index contributed by atoms with van der Waals surface area (Å²) >= 11 is 0. The number of carbonyl (C=O) groups excluding carboxylic acids is 1. The number of pyridine rings is 1. The van der Waals surface area contributed by atoms with Crippen LogP contribution in [0.2, 0.25) is 0 Å². The van der Waals surface area contributed by atoms with Crippen molar-refractivity contribution in [2.75, 3.05) is 0 Å². The molecular formula is C17H15N3O3. The Bertz CT molecular complexity index is 919. The largest absolute Gasteiger partial charge is 0.493 e. The van der Waals surface area contributed by atoms with E-state index in [-0.39, 0.29) is 17.3 Å². The van der Waals surface area contributed by atoms with E-state index in [2.05, 4.69) is 10.3 Å². The van der Waals surface area contributed by atoms with Crippen LogP contribution < -0.4 is 10.9 Å². The third-order valence-electron chi connectivity index (χ3n) is 3.59. The summed E-state index contributed by atoms with van der Waals surface area (Å²) in [5, 5.41) is 12.7. The van der Waals surface area contributed by atoms with Crippen LogP contribution in [0.5, 0.6) is 5.88 Å². The third-order valence-corrected chi connectivity index (χ3v) is 3.59. The number of aromatic hydroxyl groups is 1. The second-order valence-electron chi connectivity index (χ2n) is 5.15. The van der Waals surface area contributed by atoms with Gasteiger partial charge in [0.2, 0.25) is 5.88 Å². The summed E-state index contributed by atoms with van der Waals surface area (Å²) < 4.78 is 1.22. The molecule has 0 aliphatic carbocycles. The fraction of sp³-hybridized carbons (Fsp3) is 0.118. The van der Waals surface area contributed by atoms with Crippen molar-refractivity contribution in [3.8, 4) is 5.88 Å². The molecule has 3 aromatic rings. The van der Waals surface area contributed by atoms with Crippen LogP contribution in [0.3, 0.4) is 0 Å². The van der Waals surface area contributed by atoms with E-state index in [4.69, 9.17) is 0 Å². The highest BCUT2D eigenvalue weighted by Crippen LogP contribution is 2.15. The summed E-state index contributed by atoms with van der Waals surface area (Å²) in [6, 6.07) is 14.0. The SMILES string of the molecule is CC(NC(=O)c1c(O)nc2ccccn2c1=O)c1ccccc1. The maximum absolute atomic E-state index is 12.4. The number of fused-ring (bicyclic) bond motifs is 1. The van der Waals surface area contributed by atoms with Gasteiger partial charge in [0.1, 0.15) is 5.65 Å². The second-order valence-corrected chi connectivity index (χ2v) is 5.15. The van der Waals surface area contributed by atoms with E-state index in [1.54, 1.807) is 25.1 Å². The van der Waals surface area contributed by atoms with E-state index >= 15 is 0 Å². The Kier molecular flexibility index (Phi) is 3.80. The maximum Gasteiger partial charge on any atom is 0.274 e. The number of benzene rings is 1. The Morgan fingerprint density at radius 3 is 2.61 bits per heavy atom. The molecule has 0 radical (unpaired) electrons. The highest BCUT2D eigenvalue weighted by atomic mass is 16.3. The lowest BCUT2D eigenvalue weighted by atomic mass is 10.1. The molecule has 2 aromatic heterocycles. The molecule has 0 aliphatic heterocycles. The van der Waals surface area contributed by atoms with Gasteiger partial charge in [-0.15, -0.1) is 0 Å². The fourth-order valence-electron chi connectivity index (χ4n) is 2.37. The Morgan fingerprint density at radius 1 is 1.17 bits per heavy atom. The molecule has 0 saturated carbocycles. The number of aromatic nitrogens is 2. The number of nitrogens with zero attached hydrogens (tertiary/aromatic N) is 2. The summed E-state index contributed by atoms with van der Waals surface area (Å²) in [5.74, 6) is -1.23. The number of hydrogen-bond donors (Lipinski definition) is 2. The van der Waals surface area contributed by atoms with Gasteiger partial charge < -0.3 is 10.4 Å². The van der Waals surface area contributed by atoms with E-state index in [1.165, 1.54) is 10.6 Å². The molecule has 23 heavy (non-hydrogen) atoms. The molecule has 0 aliphatic rings. The van der Waals surface area contributed by atoms with Crippen LogP contribution in [0.1, 0.15) is 28.9 Å². The molecule has 3 rings (SSSR count). The maximum atomic E-state index is 12.4. The molecule has 0 fully saturated rings. The average molecular weight is 309 g/mol. The van der Waals surface area contributed by atoms with Crippen LogP contribution in [0.25, 0.3) is 5.65 Å². The molecule has 2 N–H and O–H groups in total. The second kappa shape index (κ2) is 5.92. The molecule has 0 bridgehead atoms. The van der Waals surface area contributed by atoms with Crippen molar-refractivity contribution in [2.45, 2.75) is 13.0 Å². The summed E-state index contributed by atoms with van der Waals surface area (Å²) in [5.41, 5.74) is 0.208. The minimum Gasteiger partial charge on any atom is -0.493 e. The van der Waals surface area contributed by atoms with Gasteiger partial charge in [-0.3, -0.25) is 14.0 Å². The third kappa shape index (κ3) is 2.78. The molecule has 0 saturated heterocycles. The lowest BCUT2D eigenvalue weighted by Gasteiger charge is -2.14. The zero-order valence-corrected chi connectivity index (χ0v) is 12.4. The van der Waals surface area contributed by atoms with Gasteiger partial charge in [0.25, 0.3) is 11.5 Å². The highest BCUT2D eigenvalue weighted by Gasteiger charge is 2.21. The van der Waals surface area contributed by atoms with Crippen molar-refractivity contribution in [2.24, 2.45) is 0 Å². The summed E-state index contributed by atoms with van der Waals surface area (Å²) in [6.45, 7) is 1.80. The van der Waals surface area contributed by atoms with Gasteiger partial charge in [0, 0.05) is 6.20 Å². The van der Waals surface area contributed by atoms with Crippen molar-refractivity contribution in [3.05, 3.63) is 76.2 Å². The van der Waals surface area contributed by atoms with Gasteiger partial charge in [-0.05, 0) is 24.6 Å². The van der Waals surface area contributed by atoms with Gasteiger partial charge in [-0.25, -0.2) is 0 Å². The van der Waals surface area contributed by atoms with E-state index in [0.717, 1.165) is 5.56 Å². The minimum absolute atomic E-state index is 0.280. The average Bonchev–Trinajstić information content (AvgIpc) is 2.55. The van der Waals surface area contributed by atoms with E-state index in [9.17, 15) is 14.7 Å². The normalized spacial score (nSPS) is 12.0. The molecule has 1 atom stereocenters. The zero-order valence-electron chi connectivity index (χ0n) is 12.4. The quantitative estimate of drug-likeness (QED) is 0.774. The molecule has 0 spiro atoms. The zero-order chi connectivity index (χ0) is 16.4. The first-order valence-corrected chi connectivity index (χ1v) is 7.14. The number of nitrogens with one attached hydrogen (secondary N) is 1. The summed E-state index contributed by atoms with van der Waals surface area (Å²) in [4.78, 5) is 28.7. The van der Waals surface area contributed by atoms with Gasteiger partial charge in [-0.2, -0.15) is 4.98 Å². The molecule has 6 heteroatoms. The van der Waals surface area contributed by atoms with Crippen molar-refractivity contribution in [1.29, 1.82) is 0 Å². The van der Waals surface area contributed by atoms with Crippen molar-refractivity contribution < 1.29 is 9.90 Å². The monoisotopic (exact) mass is 309 g/mol. The van der Waals surface area contributed by atoms with Crippen molar-refractivity contribution >= 4 is 11.6 Å². The number of carbonyl (C=O) groups is 1. The number of amides is 1. The van der Waals surface area contributed by atoms with Crippen molar-refractivity contribution in [1.82, 2.24) is 14.7 Å². The van der Waals surface area contributed by atoms with Crippen LogP contribution in [0.4, 0.5) is 0 Å². The summed E-state index contributed by atoms with van der Waals surface area (Å²) in [7, 11) is 0. The number of hydrogen-bond acceptors (Lipinski definition) is 4. The smallest absolute Gasteiger partial charge is 0.274 e. The minimum atomic E-state index is -0.658. The molecule has 2 heterocycles. The lowest BCUT2D eigenvalue weighted by molar-refractivity contribution is 0.0934. The van der Waals surface area contributed by atoms with Gasteiger partial charge >= 0.3 is 0 Å². The van der Waals surface area contributed by atoms with E-state index in [1.807, 2.05) is 30.3 Å². The molecule has 1 unspecified atom stereocenters. The predicted octanol–water partition coefficient (Wildman–Crippen LogP) is 1.89. The van der Waals surface area contributed by atoms with Crippen molar-refractivity contribution in [3.63, 3.8) is 0 Å². The molecule has 1 amide bonds. The predicted molar refractivity (Wildman–Crippen MR) is 85.5 cm³/mol. The van der Waals surface area contributed by atoms with Crippen LogP contribution in [-0.2, 0) is 0 Å². The fourth-order valence-corrected chi connectivity index (χ4v) is 2.37. The van der Waals surface area contributed by atoms with E-state index in [0.29, 0.717) is 0 Å². The Labute approximate surface area is 132 Å². The lowest BCUT2D eigenvalue weighted by Crippen LogP contribution is -2.33. The van der Waals surface area contributed by atoms with E-state index < -0.39 is 17.3 Å².